The fraction of sp³-hybridized carbons (Fsp3) is 0.929. The summed E-state index contributed by atoms with van der Waals surface area (Å²) in [7, 11) is 0. The zero-order valence-corrected chi connectivity index (χ0v) is 11.8. The normalized spacial score (nSPS) is 27.9. The summed E-state index contributed by atoms with van der Waals surface area (Å²) in [5, 5.41) is 0. The van der Waals surface area contributed by atoms with Gasteiger partial charge in [0.05, 0.1) is 0 Å². The van der Waals surface area contributed by atoms with Crippen molar-refractivity contribution in [3.8, 4) is 0 Å². The molecule has 1 heterocycles. The van der Waals surface area contributed by atoms with E-state index in [1.165, 1.54) is 0 Å². The van der Waals surface area contributed by atoms with Gasteiger partial charge in [-0.3, -0.25) is 4.79 Å². The van der Waals surface area contributed by atoms with Crippen LogP contribution in [0.2, 0.25) is 0 Å². The van der Waals surface area contributed by atoms with Gasteiger partial charge in [0, 0.05) is 25.6 Å². The van der Waals surface area contributed by atoms with Crippen LogP contribution in [0.5, 0.6) is 0 Å². The lowest BCUT2D eigenvalue weighted by atomic mass is 10.1. The van der Waals surface area contributed by atoms with Gasteiger partial charge in [-0.05, 0) is 44.3 Å². The number of hydrogen-bond donors (Lipinski definition) is 1. The molecule has 18 heavy (non-hydrogen) atoms. The minimum absolute atomic E-state index is 0.253. The topological polar surface area (TPSA) is 49.6 Å². The van der Waals surface area contributed by atoms with Crippen LogP contribution < -0.4 is 5.73 Å². The maximum Gasteiger partial charge on any atom is 0.226 e. The summed E-state index contributed by atoms with van der Waals surface area (Å²) >= 11 is 0. The number of carbonyl (C=O) groups excluding carboxylic acids is 1. The van der Waals surface area contributed by atoms with E-state index in [1.54, 1.807) is 0 Å². The van der Waals surface area contributed by atoms with Crippen LogP contribution in [0.1, 0.15) is 33.1 Å². The molecule has 1 unspecified atom stereocenters. The molecule has 1 aliphatic heterocycles. The lowest BCUT2D eigenvalue weighted by molar-refractivity contribution is -0.133. The molecule has 0 aromatic carbocycles. The summed E-state index contributed by atoms with van der Waals surface area (Å²) in [6, 6.07) is 0. The van der Waals surface area contributed by atoms with Crippen molar-refractivity contribution >= 4 is 5.91 Å². The van der Waals surface area contributed by atoms with Gasteiger partial charge in [0.15, 0.2) is 0 Å². The van der Waals surface area contributed by atoms with Crippen LogP contribution in [0.25, 0.3) is 0 Å². The molecule has 1 saturated heterocycles. The van der Waals surface area contributed by atoms with Crippen molar-refractivity contribution in [2.45, 2.75) is 33.1 Å². The molecule has 0 bridgehead atoms. The molecule has 0 radical (unpaired) electrons. The smallest absolute Gasteiger partial charge is 0.226 e. The van der Waals surface area contributed by atoms with Gasteiger partial charge >= 0.3 is 0 Å². The Balaban J connectivity index is 1.80. The molecular formula is C14H27N3O. The van der Waals surface area contributed by atoms with Crippen molar-refractivity contribution in [1.29, 1.82) is 0 Å². The largest absolute Gasteiger partial charge is 0.341 e. The SMILES string of the molecule is CC1(C)CC1C(=O)N1CCCN(CCCN)CC1. The number of nitrogens with two attached hydrogens (primary N) is 1. The van der Waals surface area contributed by atoms with Gasteiger partial charge in [0.25, 0.3) is 0 Å². The Labute approximate surface area is 110 Å². The third-order valence-electron chi connectivity index (χ3n) is 4.39. The molecule has 2 fully saturated rings. The van der Waals surface area contributed by atoms with Gasteiger partial charge in [0.2, 0.25) is 5.91 Å². The van der Waals surface area contributed by atoms with E-state index in [-0.39, 0.29) is 11.3 Å². The maximum atomic E-state index is 12.3. The standard InChI is InChI=1S/C14H27N3O/c1-14(2)11-12(14)13(18)17-8-4-7-16(9-10-17)6-3-5-15/h12H,3-11,15H2,1-2H3. The lowest BCUT2D eigenvalue weighted by Crippen LogP contribution is -2.37. The van der Waals surface area contributed by atoms with Crippen LogP contribution >= 0.6 is 0 Å². The molecule has 2 rings (SSSR count). The monoisotopic (exact) mass is 253 g/mol. The summed E-state index contributed by atoms with van der Waals surface area (Å²) in [6.45, 7) is 10.2. The zero-order valence-electron chi connectivity index (χ0n) is 11.8. The van der Waals surface area contributed by atoms with Gasteiger partial charge in [-0.1, -0.05) is 13.8 Å². The molecule has 1 atom stereocenters. The third-order valence-corrected chi connectivity index (χ3v) is 4.39. The molecule has 0 spiro atoms. The average Bonchev–Trinajstić information content (AvgIpc) is 3.03. The van der Waals surface area contributed by atoms with Gasteiger partial charge < -0.3 is 15.5 Å². The van der Waals surface area contributed by atoms with Crippen LogP contribution in [0.4, 0.5) is 0 Å². The molecule has 1 aliphatic carbocycles. The van der Waals surface area contributed by atoms with E-state index >= 15 is 0 Å². The highest BCUT2D eigenvalue weighted by Crippen LogP contribution is 2.52. The molecule has 2 N–H and O–H groups in total. The second-order valence-electron chi connectivity index (χ2n) is 6.41. The highest BCUT2D eigenvalue weighted by Gasteiger charge is 2.51. The van der Waals surface area contributed by atoms with Crippen molar-refractivity contribution in [1.82, 2.24) is 9.80 Å². The van der Waals surface area contributed by atoms with Gasteiger partial charge in [-0.15, -0.1) is 0 Å². The van der Waals surface area contributed by atoms with Crippen molar-refractivity contribution in [2.75, 3.05) is 39.3 Å². The first-order valence-corrected chi connectivity index (χ1v) is 7.26. The van der Waals surface area contributed by atoms with E-state index in [1.807, 2.05) is 0 Å². The second kappa shape index (κ2) is 5.57. The minimum atomic E-state index is 0.253. The lowest BCUT2D eigenvalue weighted by Gasteiger charge is -2.22. The maximum absolute atomic E-state index is 12.3. The third kappa shape index (κ3) is 3.23. The van der Waals surface area contributed by atoms with Crippen LogP contribution in [-0.2, 0) is 4.79 Å². The predicted molar refractivity (Wildman–Crippen MR) is 73.2 cm³/mol. The highest BCUT2D eigenvalue weighted by atomic mass is 16.2. The van der Waals surface area contributed by atoms with Gasteiger partial charge in [-0.2, -0.15) is 0 Å². The number of nitrogens with zero attached hydrogens (tertiary/aromatic N) is 2. The number of amides is 1. The van der Waals surface area contributed by atoms with Gasteiger partial charge in [0.1, 0.15) is 0 Å². The first kappa shape index (κ1) is 13.8. The van der Waals surface area contributed by atoms with E-state index in [2.05, 4.69) is 23.6 Å². The molecule has 0 aromatic rings. The first-order chi connectivity index (χ1) is 8.54. The fourth-order valence-corrected chi connectivity index (χ4v) is 2.84. The molecular weight excluding hydrogens is 226 g/mol. The van der Waals surface area contributed by atoms with Crippen molar-refractivity contribution in [3.05, 3.63) is 0 Å². The van der Waals surface area contributed by atoms with Crippen molar-refractivity contribution < 1.29 is 4.79 Å². The highest BCUT2D eigenvalue weighted by molar-refractivity contribution is 5.82. The molecule has 2 aliphatic rings. The minimum Gasteiger partial charge on any atom is -0.341 e. The first-order valence-electron chi connectivity index (χ1n) is 7.26. The number of rotatable bonds is 4. The van der Waals surface area contributed by atoms with E-state index in [4.69, 9.17) is 5.73 Å². The molecule has 4 heteroatoms. The van der Waals surface area contributed by atoms with E-state index < -0.39 is 0 Å². The van der Waals surface area contributed by atoms with Crippen LogP contribution in [0.3, 0.4) is 0 Å². The Morgan fingerprint density at radius 1 is 1.28 bits per heavy atom. The Hall–Kier alpha value is -0.610. The number of carbonyl (C=O) groups is 1. The summed E-state index contributed by atoms with van der Waals surface area (Å²) in [5.74, 6) is 0.675. The number of hydrogen-bond acceptors (Lipinski definition) is 3. The van der Waals surface area contributed by atoms with Crippen molar-refractivity contribution in [3.63, 3.8) is 0 Å². The van der Waals surface area contributed by atoms with Crippen LogP contribution in [0.15, 0.2) is 0 Å². The van der Waals surface area contributed by atoms with E-state index in [0.717, 1.165) is 58.5 Å². The molecule has 1 saturated carbocycles. The average molecular weight is 253 g/mol. The van der Waals surface area contributed by atoms with E-state index in [9.17, 15) is 4.79 Å². The second-order valence-corrected chi connectivity index (χ2v) is 6.41. The van der Waals surface area contributed by atoms with Crippen LogP contribution in [0, 0.1) is 11.3 Å². The Kier molecular flexibility index (Phi) is 4.28. The zero-order chi connectivity index (χ0) is 13.2. The molecule has 0 aromatic heterocycles. The molecule has 1 amide bonds. The summed E-state index contributed by atoms with van der Waals surface area (Å²) in [6.07, 6.45) is 3.23. The molecule has 4 nitrogen and oxygen atoms in total. The Morgan fingerprint density at radius 3 is 2.61 bits per heavy atom. The quantitative estimate of drug-likeness (QED) is 0.810. The predicted octanol–water partition coefficient (Wildman–Crippen LogP) is 0.916. The Bertz CT molecular complexity index is 303. The summed E-state index contributed by atoms with van der Waals surface area (Å²) in [5.41, 5.74) is 5.80. The van der Waals surface area contributed by atoms with Gasteiger partial charge in [-0.25, -0.2) is 0 Å². The summed E-state index contributed by atoms with van der Waals surface area (Å²) < 4.78 is 0. The fourth-order valence-electron chi connectivity index (χ4n) is 2.84. The van der Waals surface area contributed by atoms with Crippen molar-refractivity contribution in [2.24, 2.45) is 17.1 Å². The molecule has 104 valence electrons. The summed E-state index contributed by atoms with van der Waals surface area (Å²) in [4.78, 5) is 16.9. The Morgan fingerprint density at radius 2 is 2.00 bits per heavy atom. The van der Waals surface area contributed by atoms with E-state index in [0.29, 0.717) is 5.91 Å². The van der Waals surface area contributed by atoms with Crippen LogP contribution in [-0.4, -0.2) is 55.0 Å².